The van der Waals surface area contributed by atoms with E-state index in [0.29, 0.717) is 80.2 Å². The van der Waals surface area contributed by atoms with Gasteiger partial charge in [-0.1, -0.05) is 36.4 Å². The molecule has 0 saturated carbocycles. The molecule has 3 aromatic carbocycles. The average Bonchev–Trinajstić information content (AvgIpc) is 3.16. The van der Waals surface area contributed by atoms with Gasteiger partial charge in [0.25, 0.3) is 11.1 Å². The Morgan fingerprint density at radius 1 is 0.700 bits per heavy atom. The van der Waals surface area contributed by atoms with E-state index < -0.39 is 5.41 Å². The molecule has 2 aromatic heterocycles. The number of carbonyl (C=O) groups excluding carboxylic acids is 2. The van der Waals surface area contributed by atoms with Gasteiger partial charge in [0.15, 0.2) is 0 Å². The van der Waals surface area contributed by atoms with Gasteiger partial charge in [-0.2, -0.15) is 0 Å². The molecule has 6 rings (SSSR count). The first-order valence-corrected chi connectivity index (χ1v) is 16.9. The summed E-state index contributed by atoms with van der Waals surface area (Å²) in [6.45, 7) is 9.01. The molecule has 5 aromatic rings. The number of carbonyl (C=O) groups is 2. The van der Waals surface area contributed by atoms with Crippen molar-refractivity contribution in [2.45, 2.75) is 40.3 Å². The number of amides is 2. The smallest absolute Gasteiger partial charge is 0.258 e. The lowest BCUT2D eigenvalue weighted by atomic mass is 9.90. The van der Waals surface area contributed by atoms with Gasteiger partial charge in [0.05, 0.1) is 18.0 Å². The van der Waals surface area contributed by atoms with Crippen molar-refractivity contribution >= 4 is 57.1 Å². The topological polar surface area (TPSA) is 97.1 Å². The number of anilines is 2. The van der Waals surface area contributed by atoms with Crippen molar-refractivity contribution in [2.24, 2.45) is 5.41 Å². The number of halogens is 1. The maximum absolute atomic E-state index is 13.2. The molecule has 1 aliphatic rings. The molecule has 0 N–H and O–H groups in total. The van der Waals surface area contributed by atoms with E-state index >= 15 is 0 Å². The van der Waals surface area contributed by atoms with Crippen molar-refractivity contribution < 1.29 is 14.3 Å². The van der Waals surface area contributed by atoms with E-state index in [2.05, 4.69) is 4.90 Å². The van der Waals surface area contributed by atoms with Crippen molar-refractivity contribution in [1.82, 2.24) is 14.0 Å². The second-order valence-corrected chi connectivity index (χ2v) is 13.0. The SMILES string of the molecule is CCN1C(=O)C(C)(C)C(=O)N(C)c2cc(OCCCN(CCn3ccc4ccccc4c3=O)CCn3ccc4ccccc4c3=O)ccc21.Cl. The number of ether oxygens (including phenoxy) is 1. The van der Waals surface area contributed by atoms with Crippen LogP contribution in [-0.2, 0) is 22.7 Å². The number of benzene rings is 3. The Balaban J connectivity index is 0.00000486. The molecule has 3 heterocycles. The molecule has 1 aliphatic heterocycles. The number of hydrogen-bond acceptors (Lipinski definition) is 6. The van der Waals surface area contributed by atoms with E-state index in [9.17, 15) is 19.2 Å². The lowest BCUT2D eigenvalue weighted by Crippen LogP contribution is -2.47. The number of nitrogens with zero attached hydrogens (tertiary/aromatic N) is 5. The largest absolute Gasteiger partial charge is 0.493 e. The molecule has 0 fully saturated rings. The molecule has 50 heavy (non-hydrogen) atoms. The van der Waals surface area contributed by atoms with Gasteiger partial charge in [0.1, 0.15) is 11.2 Å². The molecule has 11 heteroatoms. The highest BCUT2D eigenvalue weighted by atomic mass is 35.5. The lowest BCUT2D eigenvalue weighted by Gasteiger charge is -2.27. The van der Waals surface area contributed by atoms with E-state index in [0.717, 1.165) is 10.8 Å². The van der Waals surface area contributed by atoms with Crippen molar-refractivity contribution in [2.75, 3.05) is 49.6 Å². The highest BCUT2D eigenvalue weighted by molar-refractivity contribution is 6.20. The minimum absolute atomic E-state index is 0. The minimum atomic E-state index is -1.18. The van der Waals surface area contributed by atoms with Crippen LogP contribution >= 0.6 is 12.4 Å². The van der Waals surface area contributed by atoms with Gasteiger partial charge in [-0.3, -0.25) is 24.1 Å². The van der Waals surface area contributed by atoms with Crippen LogP contribution in [0.1, 0.15) is 27.2 Å². The molecule has 0 aliphatic carbocycles. The summed E-state index contributed by atoms with van der Waals surface area (Å²) in [5.74, 6) is 0.119. The van der Waals surface area contributed by atoms with Crippen LogP contribution in [0.4, 0.5) is 11.4 Å². The second kappa shape index (κ2) is 15.3. The first-order chi connectivity index (χ1) is 23.6. The molecule has 0 saturated heterocycles. The standard InChI is InChI=1S/C39H43N5O5.ClH/c1-5-44-33-16-15-30(27-34(33)40(4)37(47)39(2,3)38(44)48)49-26-10-19-41(22-24-42-20-17-28-11-6-8-13-31(28)35(42)45)23-25-43-21-18-29-12-7-9-14-32(29)36(43)46;/h6-9,11-18,20-21,27H,5,10,19,22-26H2,1-4H3;1H. The predicted octanol–water partition coefficient (Wildman–Crippen LogP) is 5.57. The van der Waals surface area contributed by atoms with Gasteiger partial charge in [0, 0.05) is 75.5 Å². The van der Waals surface area contributed by atoms with Gasteiger partial charge < -0.3 is 23.7 Å². The Morgan fingerprint density at radius 3 is 1.82 bits per heavy atom. The lowest BCUT2D eigenvalue weighted by molar-refractivity contribution is -0.137. The second-order valence-electron chi connectivity index (χ2n) is 13.0. The van der Waals surface area contributed by atoms with Crippen LogP contribution in [0.5, 0.6) is 5.75 Å². The highest BCUT2D eigenvalue weighted by Gasteiger charge is 2.45. The summed E-state index contributed by atoms with van der Waals surface area (Å²) >= 11 is 0. The minimum Gasteiger partial charge on any atom is -0.493 e. The third-order valence-electron chi connectivity index (χ3n) is 9.51. The Hall–Kier alpha value is -4.93. The van der Waals surface area contributed by atoms with Crippen molar-refractivity contribution in [3.63, 3.8) is 0 Å². The summed E-state index contributed by atoms with van der Waals surface area (Å²) in [6.07, 6.45) is 4.38. The number of hydrogen-bond donors (Lipinski definition) is 0. The van der Waals surface area contributed by atoms with E-state index in [1.807, 2.05) is 98.2 Å². The Labute approximate surface area is 297 Å². The van der Waals surface area contributed by atoms with Crippen molar-refractivity contribution in [3.05, 3.63) is 112 Å². The summed E-state index contributed by atoms with van der Waals surface area (Å²) in [4.78, 5) is 58.3. The van der Waals surface area contributed by atoms with E-state index in [4.69, 9.17) is 4.74 Å². The zero-order valence-corrected chi connectivity index (χ0v) is 29.8. The van der Waals surface area contributed by atoms with Crippen LogP contribution in [0, 0.1) is 5.41 Å². The number of pyridine rings is 2. The first-order valence-electron chi connectivity index (χ1n) is 16.9. The van der Waals surface area contributed by atoms with Gasteiger partial charge in [0.2, 0.25) is 11.8 Å². The Kier molecular flexibility index (Phi) is 11.1. The molecule has 0 spiro atoms. The van der Waals surface area contributed by atoms with Crippen LogP contribution in [0.3, 0.4) is 0 Å². The van der Waals surface area contributed by atoms with Gasteiger partial charge >= 0.3 is 0 Å². The summed E-state index contributed by atoms with van der Waals surface area (Å²) < 4.78 is 9.66. The Morgan fingerprint density at radius 2 is 1.26 bits per heavy atom. The molecule has 10 nitrogen and oxygen atoms in total. The zero-order chi connectivity index (χ0) is 34.7. The molecule has 0 radical (unpaired) electrons. The van der Waals surface area contributed by atoms with Crippen LogP contribution in [0.15, 0.2) is 101 Å². The molecule has 2 amide bonds. The predicted molar refractivity (Wildman–Crippen MR) is 202 cm³/mol. The summed E-state index contributed by atoms with van der Waals surface area (Å²) in [6, 6.07) is 24.6. The van der Waals surface area contributed by atoms with Crippen LogP contribution in [0.2, 0.25) is 0 Å². The van der Waals surface area contributed by atoms with Crippen molar-refractivity contribution in [1.29, 1.82) is 0 Å². The monoisotopic (exact) mass is 697 g/mol. The van der Waals surface area contributed by atoms with E-state index in [1.54, 1.807) is 39.8 Å². The van der Waals surface area contributed by atoms with E-state index in [1.165, 1.54) is 0 Å². The fourth-order valence-electron chi connectivity index (χ4n) is 6.59. The van der Waals surface area contributed by atoms with Crippen LogP contribution in [0.25, 0.3) is 21.5 Å². The van der Waals surface area contributed by atoms with E-state index in [-0.39, 0.29) is 35.3 Å². The molecule has 0 bridgehead atoms. The molecule has 0 unspecified atom stereocenters. The normalized spacial score (nSPS) is 14.2. The third kappa shape index (κ3) is 7.18. The number of fused-ring (bicyclic) bond motifs is 3. The fraction of sp³-hybridized carbons (Fsp3) is 0.333. The molecular formula is C39H44ClN5O5. The van der Waals surface area contributed by atoms with Crippen LogP contribution < -0.4 is 25.7 Å². The number of rotatable bonds is 12. The maximum Gasteiger partial charge on any atom is 0.258 e. The third-order valence-corrected chi connectivity index (χ3v) is 9.51. The highest BCUT2D eigenvalue weighted by Crippen LogP contribution is 2.40. The molecular weight excluding hydrogens is 654 g/mol. The van der Waals surface area contributed by atoms with Crippen molar-refractivity contribution in [3.8, 4) is 5.75 Å². The molecule has 262 valence electrons. The Bertz CT molecular complexity index is 2040. The van der Waals surface area contributed by atoms with Crippen LogP contribution in [-0.4, -0.2) is 65.7 Å². The zero-order valence-electron chi connectivity index (χ0n) is 29.0. The number of aromatic nitrogens is 2. The van der Waals surface area contributed by atoms with Gasteiger partial charge in [-0.25, -0.2) is 0 Å². The van der Waals surface area contributed by atoms with Gasteiger partial charge in [-0.05, 0) is 74.4 Å². The average molecular weight is 698 g/mol. The maximum atomic E-state index is 13.2. The summed E-state index contributed by atoms with van der Waals surface area (Å²) in [5, 5.41) is 3.21. The summed E-state index contributed by atoms with van der Waals surface area (Å²) in [7, 11) is 1.69. The first kappa shape index (κ1) is 36.4. The molecule has 0 atom stereocenters. The van der Waals surface area contributed by atoms with Gasteiger partial charge in [-0.15, -0.1) is 12.4 Å². The fourth-order valence-corrected chi connectivity index (χ4v) is 6.59. The quantitative estimate of drug-likeness (QED) is 0.125. The summed E-state index contributed by atoms with van der Waals surface area (Å²) in [5.41, 5.74) is 0.0902.